The Labute approximate surface area is 168 Å². The molecule has 8 heteroatoms. The number of carbonyl (C=O) groups is 3. The van der Waals surface area contributed by atoms with E-state index < -0.39 is 17.6 Å². The Morgan fingerprint density at radius 3 is 2.66 bits per heavy atom. The largest absolute Gasteiger partial charge is 0.326 e. The maximum absolute atomic E-state index is 13.7. The molecule has 0 aliphatic carbocycles. The fourth-order valence-corrected chi connectivity index (χ4v) is 3.21. The average molecular weight is 398 g/mol. The van der Waals surface area contributed by atoms with E-state index in [0.717, 1.165) is 5.56 Å². The first-order chi connectivity index (χ1) is 13.7. The molecule has 0 saturated carbocycles. The minimum atomic E-state index is -0.805. The summed E-state index contributed by atoms with van der Waals surface area (Å²) in [7, 11) is 3.59. The van der Waals surface area contributed by atoms with Gasteiger partial charge in [0.05, 0.1) is 12.5 Å². The first-order valence-corrected chi connectivity index (χ1v) is 9.18. The van der Waals surface area contributed by atoms with Crippen LogP contribution in [0.3, 0.4) is 0 Å². The number of benzene rings is 2. The highest BCUT2D eigenvalue weighted by Gasteiger charge is 2.31. The zero-order valence-corrected chi connectivity index (χ0v) is 16.5. The van der Waals surface area contributed by atoms with Crippen molar-refractivity contribution in [2.24, 2.45) is 0 Å². The highest BCUT2D eigenvalue weighted by atomic mass is 19.1. The van der Waals surface area contributed by atoms with Crippen LogP contribution in [-0.2, 0) is 14.4 Å². The van der Waals surface area contributed by atoms with Crippen LogP contribution in [0.5, 0.6) is 0 Å². The molecule has 0 fully saturated rings. The number of carbonyl (C=O) groups excluding carboxylic acids is 3. The quantitative estimate of drug-likeness (QED) is 0.722. The summed E-state index contributed by atoms with van der Waals surface area (Å²) in [4.78, 5) is 38.6. The monoisotopic (exact) mass is 398 g/mol. The van der Waals surface area contributed by atoms with Crippen LogP contribution in [0, 0.1) is 12.7 Å². The van der Waals surface area contributed by atoms with Crippen molar-refractivity contribution in [1.29, 1.82) is 0 Å². The molecule has 1 aliphatic rings. The highest BCUT2D eigenvalue weighted by Crippen LogP contribution is 2.34. The fraction of sp³-hybridized carbons (Fsp3) is 0.286. The zero-order valence-electron chi connectivity index (χ0n) is 16.5. The Balaban J connectivity index is 1.80. The van der Waals surface area contributed by atoms with Crippen LogP contribution in [0.1, 0.15) is 23.5 Å². The second-order valence-electron chi connectivity index (χ2n) is 7.34. The molecule has 29 heavy (non-hydrogen) atoms. The van der Waals surface area contributed by atoms with Crippen molar-refractivity contribution in [2.45, 2.75) is 19.3 Å². The van der Waals surface area contributed by atoms with E-state index in [-0.39, 0.29) is 24.8 Å². The lowest BCUT2D eigenvalue weighted by Crippen LogP contribution is -2.31. The van der Waals surface area contributed by atoms with E-state index in [1.54, 1.807) is 37.2 Å². The predicted molar refractivity (Wildman–Crippen MR) is 109 cm³/mol. The molecule has 0 spiro atoms. The van der Waals surface area contributed by atoms with Gasteiger partial charge in [0.25, 0.3) is 0 Å². The minimum absolute atomic E-state index is 0.0689. The molecule has 0 radical (unpaired) electrons. The summed E-state index contributed by atoms with van der Waals surface area (Å²) in [6, 6.07) is 9.15. The Bertz CT molecular complexity index is 974. The summed E-state index contributed by atoms with van der Waals surface area (Å²) in [5, 5.41) is 8.25. The summed E-state index contributed by atoms with van der Waals surface area (Å²) >= 11 is 0. The zero-order chi connectivity index (χ0) is 21.1. The summed E-state index contributed by atoms with van der Waals surface area (Å²) in [6.45, 7) is 2.05. The van der Waals surface area contributed by atoms with Crippen molar-refractivity contribution in [3.8, 4) is 0 Å². The number of rotatable bonds is 5. The van der Waals surface area contributed by atoms with Gasteiger partial charge in [-0.25, -0.2) is 4.39 Å². The van der Waals surface area contributed by atoms with Gasteiger partial charge in [-0.2, -0.15) is 0 Å². The molecule has 1 unspecified atom stereocenters. The van der Waals surface area contributed by atoms with Crippen LogP contribution in [-0.4, -0.2) is 43.3 Å². The van der Waals surface area contributed by atoms with Crippen LogP contribution in [0.4, 0.5) is 21.5 Å². The van der Waals surface area contributed by atoms with E-state index in [1.807, 2.05) is 6.92 Å². The highest BCUT2D eigenvalue weighted by molar-refractivity contribution is 6.05. The molecule has 2 aromatic carbocycles. The molecule has 3 rings (SSSR count). The number of nitrogens with one attached hydrogen (secondary N) is 3. The number of nitrogens with zero attached hydrogens (tertiary/aromatic N) is 1. The van der Waals surface area contributed by atoms with Crippen molar-refractivity contribution in [2.75, 3.05) is 36.6 Å². The second-order valence-corrected chi connectivity index (χ2v) is 7.34. The van der Waals surface area contributed by atoms with Gasteiger partial charge in [0.2, 0.25) is 17.7 Å². The molecule has 0 saturated heterocycles. The number of aryl methyl sites for hydroxylation is 1. The van der Waals surface area contributed by atoms with Gasteiger partial charge in [0, 0.05) is 23.5 Å². The lowest BCUT2D eigenvalue weighted by Gasteiger charge is -2.25. The molecule has 1 atom stereocenters. The Morgan fingerprint density at radius 2 is 1.93 bits per heavy atom. The molecule has 7 nitrogen and oxygen atoms in total. The van der Waals surface area contributed by atoms with Crippen LogP contribution in [0.15, 0.2) is 36.4 Å². The number of hydrogen-bond donors (Lipinski definition) is 3. The summed E-state index contributed by atoms with van der Waals surface area (Å²) in [6.07, 6.45) is -0.0689. The van der Waals surface area contributed by atoms with E-state index in [1.165, 1.54) is 18.2 Å². The molecular weight excluding hydrogens is 375 g/mol. The minimum Gasteiger partial charge on any atom is -0.326 e. The third-order valence-electron chi connectivity index (χ3n) is 4.61. The van der Waals surface area contributed by atoms with Gasteiger partial charge in [0.15, 0.2) is 0 Å². The number of fused-ring (bicyclic) bond motifs is 1. The van der Waals surface area contributed by atoms with Crippen LogP contribution < -0.4 is 16.0 Å². The molecule has 152 valence electrons. The van der Waals surface area contributed by atoms with Gasteiger partial charge >= 0.3 is 0 Å². The van der Waals surface area contributed by atoms with Gasteiger partial charge in [-0.15, -0.1) is 0 Å². The van der Waals surface area contributed by atoms with Gasteiger partial charge in [0.1, 0.15) is 5.82 Å². The van der Waals surface area contributed by atoms with Gasteiger partial charge < -0.3 is 20.9 Å². The van der Waals surface area contributed by atoms with E-state index in [2.05, 4.69) is 16.0 Å². The lowest BCUT2D eigenvalue weighted by atomic mass is 9.89. The van der Waals surface area contributed by atoms with Gasteiger partial charge in [-0.1, -0.05) is 6.07 Å². The molecular formula is C21H23FN4O3. The topological polar surface area (TPSA) is 90.5 Å². The maximum atomic E-state index is 13.7. The summed E-state index contributed by atoms with van der Waals surface area (Å²) in [5.41, 5.74) is 2.73. The van der Waals surface area contributed by atoms with E-state index >= 15 is 0 Å². The normalized spacial score (nSPS) is 15.5. The first kappa shape index (κ1) is 20.5. The second kappa shape index (κ2) is 8.40. The van der Waals surface area contributed by atoms with Gasteiger partial charge in [-0.3, -0.25) is 14.4 Å². The number of halogens is 1. The smallest absolute Gasteiger partial charge is 0.238 e. The molecule has 3 amide bonds. The van der Waals surface area contributed by atoms with Crippen molar-refractivity contribution >= 4 is 34.8 Å². The third-order valence-corrected chi connectivity index (χ3v) is 4.61. The number of hydrogen-bond acceptors (Lipinski definition) is 4. The van der Waals surface area contributed by atoms with E-state index in [4.69, 9.17) is 0 Å². The number of amides is 3. The Morgan fingerprint density at radius 1 is 1.17 bits per heavy atom. The first-order valence-electron chi connectivity index (χ1n) is 9.18. The third kappa shape index (κ3) is 4.97. The molecule has 3 N–H and O–H groups in total. The van der Waals surface area contributed by atoms with Crippen LogP contribution >= 0.6 is 0 Å². The maximum Gasteiger partial charge on any atom is 0.238 e. The summed E-state index contributed by atoms with van der Waals surface area (Å²) in [5.74, 6) is -2.16. The SMILES string of the molecule is Cc1ccc(NC(=O)CN(C)C)cc1NC(=O)C1CC(=O)Nc2ccc(F)cc21. The van der Waals surface area contributed by atoms with E-state index in [0.29, 0.717) is 22.6 Å². The standard InChI is InChI=1S/C21H23FN4O3/c1-12-4-6-14(23-20(28)11-26(2)3)9-18(12)25-21(29)16-10-19(27)24-17-7-5-13(22)8-15(16)17/h4-9,16H,10-11H2,1-3H3,(H,23,28)(H,24,27)(H,25,29). The Kier molecular flexibility index (Phi) is 5.93. The predicted octanol–water partition coefficient (Wildman–Crippen LogP) is 2.70. The van der Waals surface area contributed by atoms with Crippen LogP contribution in [0.2, 0.25) is 0 Å². The van der Waals surface area contributed by atoms with Crippen molar-refractivity contribution in [3.05, 3.63) is 53.3 Å². The van der Waals surface area contributed by atoms with E-state index in [9.17, 15) is 18.8 Å². The van der Waals surface area contributed by atoms with Crippen molar-refractivity contribution in [3.63, 3.8) is 0 Å². The lowest BCUT2D eigenvalue weighted by molar-refractivity contribution is -0.123. The molecule has 1 heterocycles. The van der Waals surface area contributed by atoms with Crippen molar-refractivity contribution < 1.29 is 18.8 Å². The molecule has 0 bridgehead atoms. The fourth-order valence-electron chi connectivity index (χ4n) is 3.21. The molecule has 1 aliphatic heterocycles. The number of anilines is 3. The Hall–Kier alpha value is -3.26. The van der Waals surface area contributed by atoms with Gasteiger partial charge in [-0.05, 0) is 62.5 Å². The molecule has 0 aromatic heterocycles. The summed E-state index contributed by atoms with van der Waals surface area (Å²) < 4.78 is 13.7. The van der Waals surface area contributed by atoms with Crippen LogP contribution in [0.25, 0.3) is 0 Å². The molecule has 2 aromatic rings. The number of likely N-dealkylation sites (N-methyl/N-ethyl adjacent to an activating group) is 1. The van der Waals surface area contributed by atoms with Crippen molar-refractivity contribution in [1.82, 2.24) is 4.90 Å². The average Bonchev–Trinajstić information content (AvgIpc) is 2.63.